The lowest BCUT2D eigenvalue weighted by Gasteiger charge is -1.69. The Morgan fingerprint density at radius 1 is 2.00 bits per heavy atom. The molecule has 0 aliphatic heterocycles. The Balaban J connectivity index is 1.97. The first kappa shape index (κ1) is 3.95. The van der Waals surface area contributed by atoms with E-state index in [9.17, 15) is 4.32 Å². The van der Waals surface area contributed by atoms with E-state index in [-0.39, 0.29) is 0 Å². The summed E-state index contributed by atoms with van der Waals surface area (Å²) in [6.45, 7) is 0. The topological polar surface area (TPSA) is 9.23 Å². The molecule has 0 aromatic heterocycles. The average molecular weight is 61.9 g/mol. The van der Waals surface area contributed by atoms with Crippen molar-refractivity contribution in [2.45, 2.75) is 0 Å². The van der Waals surface area contributed by atoms with E-state index < -0.39 is 7.76 Å². The quantitative estimate of drug-likeness (QED) is 0.384. The highest BCUT2D eigenvalue weighted by Crippen LogP contribution is 1.52. The Morgan fingerprint density at radius 2 is 2.25 bits per heavy atom. The van der Waals surface area contributed by atoms with Crippen molar-refractivity contribution >= 4 is 7.76 Å². The van der Waals surface area contributed by atoms with Gasteiger partial charge in [0.1, 0.15) is 0 Å². The molecule has 24 valence electrons. The largest absolute Gasteiger partial charge is 0.482 e. The predicted octanol–water partition coefficient (Wildman–Crippen LogP) is -0.131. The zero-order valence-corrected chi connectivity index (χ0v) is 2.49. The van der Waals surface area contributed by atoms with Crippen LogP contribution in [0.4, 0.5) is 4.32 Å². The molecule has 0 heterocycles. The molecule has 4 heavy (non-hydrogen) atoms. The molecule has 0 aromatic rings. The monoisotopic (exact) mass is 62.0 g/mol. The van der Waals surface area contributed by atoms with Gasteiger partial charge in [0.2, 0.25) is 0 Å². The molecule has 0 saturated heterocycles. The van der Waals surface area contributed by atoms with Gasteiger partial charge in [-0.2, -0.15) is 0 Å². The van der Waals surface area contributed by atoms with Crippen LogP contribution in [-0.2, 0) is 4.65 Å². The average Bonchev–Trinajstić information content (AvgIpc) is 1.37. The molecule has 0 amide bonds. The second kappa shape index (κ2) is 2.95. The molecule has 0 saturated carbocycles. The molecule has 0 atom stereocenters. The Labute approximate surface area is 25.1 Å². The lowest BCUT2D eigenvalue weighted by molar-refractivity contribution is 0.405. The van der Waals surface area contributed by atoms with E-state index in [0.717, 1.165) is 0 Å². The molecule has 0 aliphatic rings. The fourth-order valence-electron chi connectivity index (χ4n) is 0. The number of hydrogen-bond donors (Lipinski definition) is 0. The summed E-state index contributed by atoms with van der Waals surface area (Å²) in [4.78, 5) is 0. The van der Waals surface area contributed by atoms with Crippen LogP contribution < -0.4 is 0 Å². The standard InChI is InChI=1S/CH4BFO/c1-4-2-3/h2H,1H3. The minimum atomic E-state index is -0.681. The summed E-state index contributed by atoms with van der Waals surface area (Å²) in [5.74, 6) is 0. The van der Waals surface area contributed by atoms with Crippen LogP contribution in [0.25, 0.3) is 0 Å². The van der Waals surface area contributed by atoms with E-state index in [1.54, 1.807) is 0 Å². The van der Waals surface area contributed by atoms with Gasteiger partial charge < -0.3 is 4.65 Å². The molecular weight excluding hydrogens is 57.8 g/mol. The highest BCUT2D eigenvalue weighted by molar-refractivity contribution is 6.16. The van der Waals surface area contributed by atoms with Gasteiger partial charge in [0.15, 0.2) is 0 Å². The molecule has 0 N–H and O–H groups in total. The van der Waals surface area contributed by atoms with Crippen molar-refractivity contribution in [3.8, 4) is 0 Å². The third kappa shape index (κ3) is 1.95. The van der Waals surface area contributed by atoms with Gasteiger partial charge in [-0.15, -0.1) is 0 Å². The fourth-order valence-corrected chi connectivity index (χ4v) is 0. The third-order valence-corrected chi connectivity index (χ3v) is 0.109. The van der Waals surface area contributed by atoms with Gasteiger partial charge in [0.05, 0.1) is 0 Å². The molecule has 0 bridgehead atoms. The number of rotatable bonds is 1. The van der Waals surface area contributed by atoms with Gasteiger partial charge in [0, 0.05) is 7.11 Å². The SMILES string of the molecule is COBF. The van der Waals surface area contributed by atoms with Crippen LogP contribution in [0.15, 0.2) is 0 Å². The molecule has 0 fully saturated rings. The summed E-state index contributed by atoms with van der Waals surface area (Å²) in [6, 6.07) is 0. The first-order chi connectivity index (χ1) is 1.91. The third-order valence-electron chi connectivity index (χ3n) is 0.109. The number of hydrogen-bond acceptors (Lipinski definition) is 1. The maximum absolute atomic E-state index is 10.5. The minimum absolute atomic E-state index is 0.681. The maximum Gasteiger partial charge on any atom is 0.482 e. The van der Waals surface area contributed by atoms with E-state index in [2.05, 4.69) is 4.65 Å². The maximum atomic E-state index is 10.5. The first-order valence-electron chi connectivity index (χ1n) is 0.964. The van der Waals surface area contributed by atoms with E-state index >= 15 is 0 Å². The molecule has 0 unspecified atom stereocenters. The van der Waals surface area contributed by atoms with Crippen molar-refractivity contribution in [1.29, 1.82) is 0 Å². The van der Waals surface area contributed by atoms with Crippen LogP contribution in [0.2, 0.25) is 0 Å². The second-order valence-electron chi connectivity index (χ2n) is 0.398. The van der Waals surface area contributed by atoms with Crippen molar-refractivity contribution in [3.63, 3.8) is 0 Å². The highest BCUT2D eigenvalue weighted by atomic mass is 19.1. The Bertz CT molecular complexity index is 10.0. The lowest BCUT2D eigenvalue weighted by Crippen LogP contribution is -1.77. The van der Waals surface area contributed by atoms with Gasteiger partial charge in [-0.1, -0.05) is 0 Å². The van der Waals surface area contributed by atoms with Crippen LogP contribution in [0.3, 0.4) is 0 Å². The normalized spacial score (nSPS) is 6.50. The summed E-state index contributed by atoms with van der Waals surface area (Å²) in [7, 11) is 0.625. The molecule has 0 aromatic carbocycles. The van der Waals surface area contributed by atoms with Crippen molar-refractivity contribution in [2.75, 3.05) is 7.11 Å². The highest BCUT2D eigenvalue weighted by Gasteiger charge is 1.67. The molecule has 1 nitrogen and oxygen atoms in total. The Morgan fingerprint density at radius 3 is 2.25 bits per heavy atom. The van der Waals surface area contributed by atoms with Crippen LogP contribution in [0, 0.1) is 0 Å². The second-order valence-corrected chi connectivity index (χ2v) is 0.398. The first-order valence-corrected chi connectivity index (χ1v) is 0.964. The summed E-state index contributed by atoms with van der Waals surface area (Å²) >= 11 is 0. The van der Waals surface area contributed by atoms with Gasteiger partial charge in [-0.3, -0.25) is 4.32 Å². The summed E-state index contributed by atoms with van der Waals surface area (Å²) < 4.78 is 14.4. The van der Waals surface area contributed by atoms with Gasteiger partial charge in [-0.25, -0.2) is 0 Å². The van der Waals surface area contributed by atoms with E-state index in [1.807, 2.05) is 0 Å². The van der Waals surface area contributed by atoms with Crippen LogP contribution in [0.5, 0.6) is 0 Å². The summed E-state index contributed by atoms with van der Waals surface area (Å²) in [5.41, 5.74) is 0. The predicted molar refractivity (Wildman–Crippen MR) is 15.3 cm³/mol. The van der Waals surface area contributed by atoms with Crippen LogP contribution in [0.1, 0.15) is 0 Å². The van der Waals surface area contributed by atoms with Crippen molar-refractivity contribution in [2.24, 2.45) is 0 Å². The molecule has 3 heteroatoms. The van der Waals surface area contributed by atoms with E-state index in [1.165, 1.54) is 7.11 Å². The van der Waals surface area contributed by atoms with Crippen molar-refractivity contribution in [1.82, 2.24) is 0 Å². The smallest absolute Gasteiger partial charge is 0.414 e. The summed E-state index contributed by atoms with van der Waals surface area (Å²) in [5, 5.41) is 0. The zero-order chi connectivity index (χ0) is 3.41. The van der Waals surface area contributed by atoms with Gasteiger partial charge in [0.25, 0.3) is 0 Å². The van der Waals surface area contributed by atoms with Crippen molar-refractivity contribution in [3.05, 3.63) is 0 Å². The molecule has 0 aliphatic carbocycles. The van der Waals surface area contributed by atoms with Crippen LogP contribution in [-0.4, -0.2) is 14.9 Å². The fraction of sp³-hybridized carbons (Fsp3) is 1.00. The molecule has 0 radical (unpaired) electrons. The van der Waals surface area contributed by atoms with Crippen molar-refractivity contribution < 1.29 is 8.97 Å². The van der Waals surface area contributed by atoms with Crippen LogP contribution >= 0.6 is 0 Å². The summed E-state index contributed by atoms with van der Waals surface area (Å²) in [6.07, 6.45) is 0. The lowest BCUT2D eigenvalue weighted by atomic mass is 10.5. The van der Waals surface area contributed by atoms with E-state index in [4.69, 9.17) is 0 Å². The van der Waals surface area contributed by atoms with Gasteiger partial charge >= 0.3 is 7.76 Å². The minimum Gasteiger partial charge on any atom is -0.414 e. The number of halogens is 1. The van der Waals surface area contributed by atoms with E-state index in [0.29, 0.717) is 0 Å². The molecule has 0 rings (SSSR count). The molecule has 0 spiro atoms. The Hall–Kier alpha value is -0.0451. The van der Waals surface area contributed by atoms with Gasteiger partial charge in [-0.05, 0) is 0 Å². The zero-order valence-electron chi connectivity index (χ0n) is 2.49. The Kier molecular flexibility index (Phi) is 2.92. The molecular formula is CH4BFO.